The minimum absolute atomic E-state index is 0.0325. The van der Waals surface area contributed by atoms with Gasteiger partial charge in [-0.25, -0.2) is 14.3 Å². The molecule has 3 heterocycles. The first-order chi connectivity index (χ1) is 16.5. The van der Waals surface area contributed by atoms with Crippen molar-refractivity contribution in [2.45, 2.75) is 38.9 Å². The molecule has 2 aromatic heterocycles. The first-order valence-electron chi connectivity index (χ1n) is 11.6. The average molecular weight is 457 g/mol. The zero-order chi connectivity index (χ0) is 23.8. The largest absolute Gasteiger partial charge is 0.341 e. The van der Waals surface area contributed by atoms with Crippen molar-refractivity contribution in [3.63, 3.8) is 0 Å². The molecule has 5 rings (SSSR count). The second-order valence-electron chi connectivity index (χ2n) is 8.80. The van der Waals surface area contributed by atoms with Gasteiger partial charge in [-0.2, -0.15) is 0 Å². The van der Waals surface area contributed by atoms with Crippen LogP contribution in [0.1, 0.15) is 25.3 Å². The highest BCUT2D eigenvalue weighted by Crippen LogP contribution is 2.23. The van der Waals surface area contributed by atoms with E-state index < -0.39 is 0 Å². The Kier molecular flexibility index (Phi) is 5.72. The van der Waals surface area contributed by atoms with Crippen molar-refractivity contribution in [2.24, 2.45) is 12.8 Å². The van der Waals surface area contributed by atoms with Gasteiger partial charge < -0.3 is 10.6 Å². The minimum Gasteiger partial charge on any atom is -0.341 e. The molecule has 1 unspecified atom stereocenters. The Morgan fingerprint density at radius 2 is 1.91 bits per heavy atom. The molecule has 4 aromatic rings. The molecule has 0 aliphatic carbocycles. The lowest BCUT2D eigenvalue weighted by Gasteiger charge is -2.31. The molecular formula is C26H28N6O2. The molecule has 1 aliphatic heterocycles. The van der Waals surface area contributed by atoms with Gasteiger partial charge in [0, 0.05) is 26.2 Å². The summed E-state index contributed by atoms with van der Waals surface area (Å²) in [6, 6.07) is 14.1. The van der Waals surface area contributed by atoms with Crippen molar-refractivity contribution in [1.82, 2.24) is 18.9 Å². The molecule has 34 heavy (non-hydrogen) atoms. The van der Waals surface area contributed by atoms with Gasteiger partial charge in [-0.05, 0) is 36.1 Å². The van der Waals surface area contributed by atoms with E-state index in [1.807, 2.05) is 42.5 Å². The van der Waals surface area contributed by atoms with Crippen molar-refractivity contribution in [1.29, 1.82) is 0 Å². The van der Waals surface area contributed by atoms with Gasteiger partial charge in [0.1, 0.15) is 5.52 Å². The quantitative estimate of drug-likeness (QED) is 0.475. The van der Waals surface area contributed by atoms with Crippen LogP contribution in [0.5, 0.6) is 0 Å². The van der Waals surface area contributed by atoms with Crippen LogP contribution < -0.4 is 21.8 Å². The van der Waals surface area contributed by atoms with E-state index in [-0.39, 0.29) is 35.8 Å². The number of hydrogen-bond acceptors (Lipinski definition) is 5. The fraction of sp³-hybridized carbons (Fsp3) is 0.346. The third kappa shape index (κ3) is 3.68. The van der Waals surface area contributed by atoms with Gasteiger partial charge in [0.25, 0.3) is 11.1 Å². The first-order valence-corrected chi connectivity index (χ1v) is 11.6. The molecule has 0 radical (unpaired) electrons. The maximum absolute atomic E-state index is 13.8. The molecule has 0 spiro atoms. The smallest absolute Gasteiger partial charge is 0.293 e. The molecule has 2 N–H and O–H groups in total. The average Bonchev–Trinajstić information content (AvgIpc) is 3.24. The fourth-order valence-electron chi connectivity index (χ4n) is 4.84. The van der Waals surface area contributed by atoms with Gasteiger partial charge in [-0.15, -0.1) is 5.92 Å². The van der Waals surface area contributed by atoms with E-state index in [0.29, 0.717) is 18.0 Å². The van der Waals surface area contributed by atoms with Gasteiger partial charge in [-0.3, -0.25) is 14.2 Å². The molecule has 1 atom stereocenters. The Hall–Kier alpha value is -3.83. The van der Waals surface area contributed by atoms with E-state index in [9.17, 15) is 9.59 Å². The van der Waals surface area contributed by atoms with E-state index in [4.69, 9.17) is 5.73 Å². The highest BCUT2D eigenvalue weighted by Gasteiger charge is 2.26. The summed E-state index contributed by atoms with van der Waals surface area (Å²) in [6.07, 6.45) is 1.89. The molecular weight excluding hydrogens is 428 g/mol. The van der Waals surface area contributed by atoms with E-state index in [2.05, 4.69) is 21.7 Å². The Labute approximate surface area is 197 Å². The van der Waals surface area contributed by atoms with Gasteiger partial charge in [0.15, 0.2) is 5.52 Å². The Morgan fingerprint density at radius 3 is 2.71 bits per heavy atom. The lowest BCUT2D eigenvalue weighted by molar-refractivity contribution is 0.495. The van der Waals surface area contributed by atoms with Crippen LogP contribution in [-0.4, -0.2) is 38.0 Å². The summed E-state index contributed by atoms with van der Waals surface area (Å²) < 4.78 is 4.66. The number of hydrogen-bond donors (Lipinski definition) is 1. The number of imidazole rings is 1. The third-order valence-electron chi connectivity index (χ3n) is 6.60. The zero-order valence-corrected chi connectivity index (χ0v) is 19.5. The molecule has 0 amide bonds. The van der Waals surface area contributed by atoms with Crippen molar-refractivity contribution in [3.8, 4) is 11.8 Å². The summed E-state index contributed by atoms with van der Waals surface area (Å²) in [6.45, 7) is 3.73. The molecule has 1 saturated heterocycles. The lowest BCUT2D eigenvalue weighted by atomic mass is 10.0. The molecule has 8 nitrogen and oxygen atoms in total. The lowest BCUT2D eigenvalue weighted by Crippen LogP contribution is -2.44. The maximum Gasteiger partial charge on any atom is 0.293 e. The summed E-state index contributed by atoms with van der Waals surface area (Å²) >= 11 is 0. The molecule has 174 valence electrons. The summed E-state index contributed by atoms with van der Waals surface area (Å²) in [4.78, 5) is 34.0. The monoisotopic (exact) mass is 456 g/mol. The topological polar surface area (TPSA) is 91.1 Å². The van der Waals surface area contributed by atoms with Crippen LogP contribution in [0, 0.1) is 11.8 Å². The second-order valence-corrected chi connectivity index (χ2v) is 8.80. The molecule has 1 fully saturated rings. The van der Waals surface area contributed by atoms with Gasteiger partial charge in [0.2, 0.25) is 5.95 Å². The minimum atomic E-state index is -0.305. The van der Waals surface area contributed by atoms with Crippen LogP contribution in [0.3, 0.4) is 0 Å². The molecule has 2 aromatic carbocycles. The Balaban J connectivity index is 1.72. The third-order valence-corrected chi connectivity index (χ3v) is 6.60. The first kappa shape index (κ1) is 22.0. The van der Waals surface area contributed by atoms with E-state index in [0.717, 1.165) is 35.7 Å². The normalized spacial score (nSPS) is 16.1. The second kappa shape index (κ2) is 8.84. The van der Waals surface area contributed by atoms with Gasteiger partial charge in [-0.1, -0.05) is 48.4 Å². The highest BCUT2D eigenvalue weighted by atomic mass is 16.2. The van der Waals surface area contributed by atoms with Crippen LogP contribution in [0.25, 0.3) is 21.8 Å². The number of anilines is 1. The Morgan fingerprint density at radius 1 is 1.12 bits per heavy atom. The fourth-order valence-corrected chi connectivity index (χ4v) is 4.84. The van der Waals surface area contributed by atoms with E-state index >= 15 is 0 Å². The van der Waals surface area contributed by atoms with Crippen LogP contribution in [-0.2, 0) is 20.1 Å². The number of nitrogens with two attached hydrogens (primary N) is 1. The summed E-state index contributed by atoms with van der Waals surface area (Å²) in [5, 5.41) is 2.14. The number of fused-ring (bicyclic) bond motifs is 2. The van der Waals surface area contributed by atoms with Crippen LogP contribution in [0.15, 0.2) is 52.1 Å². The number of aromatic nitrogens is 4. The van der Waals surface area contributed by atoms with Crippen LogP contribution >= 0.6 is 0 Å². The van der Waals surface area contributed by atoms with Crippen LogP contribution in [0.2, 0.25) is 0 Å². The standard InChI is InChI=1S/C26H28N6O2/c1-3-4-15-31-23-22(28-26(31)30-14-8-12-20(27)17-30)24(33)29(2)32(25(23)34)16-19-11-7-10-18-9-5-6-13-21(18)19/h5-7,9-11,13,20H,8,12,14-17,27H2,1-2H3. The van der Waals surface area contributed by atoms with Crippen molar-refractivity contribution < 1.29 is 0 Å². The molecule has 0 saturated carbocycles. The number of benzene rings is 2. The van der Waals surface area contributed by atoms with Gasteiger partial charge >= 0.3 is 0 Å². The van der Waals surface area contributed by atoms with Crippen molar-refractivity contribution >= 4 is 27.8 Å². The van der Waals surface area contributed by atoms with Gasteiger partial charge in [0.05, 0.1) is 13.1 Å². The highest BCUT2D eigenvalue weighted by molar-refractivity contribution is 5.85. The SMILES string of the molecule is CC#CCn1c(N2CCCC(N)C2)nc2c(=O)n(C)n(Cc3cccc4ccccc34)c(=O)c21. The summed E-state index contributed by atoms with van der Waals surface area (Å²) in [5.41, 5.74) is 7.08. The summed E-state index contributed by atoms with van der Waals surface area (Å²) in [7, 11) is 1.62. The number of rotatable bonds is 4. The predicted molar refractivity (Wildman–Crippen MR) is 135 cm³/mol. The predicted octanol–water partition coefficient (Wildman–Crippen LogP) is 2.05. The summed E-state index contributed by atoms with van der Waals surface area (Å²) in [5.74, 6) is 6.53. The molecule has 0 bridgehead atoms. The van der Waals surface area contributed by atoms with E-state index in [1.165, 1.54) is 9.36 Å². The van der Waals surface area contributed by atoms with Crippen LogP contribution in [0.4, 0.5) is 5.95 Å². The maximum atomic E-state index is 13.8. The Bertz CT molecular complexity index is 1560. The zero-order valence-electron chi connectivity index (χ0n) is 19.5. The molecule has 8 heteroatoms. The number of nitrogens with zero attached hydrogens (tertiary/aromatic N) is 5. The molecule has 1 aliphatic rings. The van der Waals surface area contributed by atoms with E-state index in [1.54, 1.807) is 18.5 Å². The van der Waals surface area contributed by atoms with Crippen molar-refractivity contribution in [3.05, 3.63) is 68.7 Å². The van der Waals surface area contributed by atoms with Crippen molar-refractivity contribution in [2.75, 3.05) is 18.0 Å². The number of piperidine rings is 1.